The highest BCUT2D eigenvalue weighted by Crippen LogP contribution is 2.40. The molecule has 0 aliphatic carbocycles. The molecule has 0 amide bonds. The molecule has 0 saturated carbocycles. The maximum Gasteiger partial charge on any atom is 0.305 e. The van der Waals surface area contributed by atoms with E-state index in [0.717, 1.165) is 36.1 Å². The summed E-state index contributed by atoms with van der Waals surface area (Å²) in [5, 5.41) is 0. The molecule has 4 rings (SSSR count). The molecule has 2 aliphatic rings. The van der Waals surface area contributed by atoms with E-state index in [0.29, 0.717) is 32.8 Å². The number of esters is 1. The minimum atomic E-state index is -0.389. The highest BCUT2D eigenvalue weighted by Gasteiger charge is 2.48. The van der Waals surface area contributed by atoms with E-state index in [-0.39, 0.29) is 41.9 Å². The number of carbonyl (C=O) groups excluding carboxylic acids is 1. The first-order valence-corrected chi connectivity index (χ1v) is 14.9. The Hall–Kier alpha value is -2.10. The lowest BCUT2D eigenvalue weighted by Crippen LogP contribution is -2.57. The van der Waals surface area contributed by atoms with Gasteiger partial charge in [0.25, 0.3) is 0 Å². The molecule has 2 heterocycles. The zero-order valence-electron chi connectivity index (χ0n) is 22.6. The fourth-order valence-electron chi connectivity index (χ4n) is 4.86. The summed E-state index contributed by atoms with van der Waals surface area (Å²) >= 11 is 1.66. The lowest BCUT2D eigenvalue weighted by atomic mass is 9.90. The van der Waals surface area contributed by atoms with Crippen LogP contribution >= 0.6 is 11.8 Å². The molecule has 208 valence electrons. The highest BCUT2D eigenvalue weighted by atomic mass is 32.2. The van der Waals surface area contributed by atoms with Gasteiger partial charge in [-0.3, -0.25) is 4.79 Å². The largest absolute Gasteiger partial charge is 0.494 e. The molecule has 2 aliphatic heterocycles. The van der Waals surface area contributed by atoms with Gasteiger partial charge in [-0.1, -0.05) is 49.4 Å². The molecule has 8 heteroatoms. The average Bonchev–Trinajstić information content (AvgIpc) is 2.95. The Morgan fingerprint density at radius 2 is 1.82 bits per heavy atom. The van der Waals surface area contributed by atoms with E-state index in [1.807, 2.05) is 67.8 Å². The molecule has 0 N–H and O–H groups in total. The summed E-state index contributed by atoms with van der Waals surface area (Å²) in [6.07, 6.45) is 4.48. The van der Waals surface area contributed by atoms with Crippen molar-refractivity contribution in [1.82, 2.24) is 0 Å². The van der Waals surface area contributed by atoms with Gasteiger partial charge in [-0.05, 0) is 50.1 Å². The maximum absolute atomic E-state index is 11.4. The van der Waals surface area contributed by atoms with Gasteiger partial charge >= 0.3 is 5.97 Å². The molecule has 0 spiro atoms. The Bertz CT molecular complexity index is 970. The number of rotatable bonds is 13. The number of carbonyl (C=O) groups is 1. The van der Waals surface area contributed by atoms with Crippen LogP contribution in [-0.2, 0) is 35.1 Å². The van der Waals surface area contributed by atoms with Crippen molar-refractivity contribution in [2.24, 2.45) is 5.92 Å². The standard InChI is InChI=1S/C30H40O7S/c1-4-32-26(31)13-9-6-10-18-33-24-16-14-22(15-17-24)19-34-28-21(2)27-25(36-30(28)38-3)20-35-29(37-27)23-11-7-5-8-12-23/h5,7-8,11-12,14-17,21,25,27-30H,4,6,9-10,13,18-20H2,1-3H3/t21-,25?,27-,28?,29?,30+/m0/s1. The first kappa shape index (κ1) is 28.9. The van der Waals surface area contributed by atoms with E-state index in [2.05, 4.69) is 6.92 Å². The fourth-order valence-corrected chi connectivity index (χ4v) is 5.71. The van der Waals surface area contributed by atoms with Gasteiger partial charge in [0.1, 0.15) is 17.3 Å². The summed E-state index contributed by atoms with van der Waals surface area (Å²) < 4.78 is 36.0. The molecule has 2 aromatic rings. The second-order valence-corrected chi connectivity index (χ2v) is 10.6. The molecule has 2 fully saturated rings. The van der Waals surface area contributed by atoms with Crippen molar-refractivity contribution < 1.29 is 33.2 Å². The van der Waals surface area contributed by atoms with Crippen LogP contribution in [0.15, 0.2) is 54.6 Å². The molecule has 0 aromatic heterocycles. The normalized spacial score (nSPS) is 26.9. The van der Waals surface area contributed by atoms with Gasteiger partial charge in [0.05, 0.1) is 38.6 Å². The number of thioether (sulfide) groups is 1. The van der Waals surface area contributed by atoms with Gasteiger partial charge in [-0.2, -0.15) is 0 Å². The lowest BCUT2D eigenvalue weighted by Gasteiger charge is -2.48. The van der Waals surface area contributed by atoms with Crippen LogP contribution in [-0.4, -0.2) is 55.8 Å². The predicted molar refractivity (Wildman–Crippen MR) is 147 cm³/mol. The third-order valence-electron chi connectivity index (χ3n) is 6.94. The molecule has 2 aromatic carbocycles. The number of hydrogen-bond donors (Lipinski definition) is 0. The van der Waals surface area contributed by atoms with Gasteiger partial charge in [0, 0.05) is 17.9 Å². The number of ether oxygens (including phenoxy) is 6. The molecule has 0 radical (unpaired) electrons. The molecule has 3 unspecified atom stereocenters. The molecular weight excluding hydrogens is 504 g/mol. The SMILES string of the molecule is CCOC(=O)CCCCCOc1ccc(COC2[C@@H](SC)OC3COC(c4ccccc4)O[C@H]3[C@@H]2C)cc1. The van der Waals surface area contributed by atoms with Crippen molar-refractivity contribution in [3.8, 4) is 5.75 Å². The Labute approximate surface area is 230 Å². The van der Waals surface area contributed by atoms with Crippen LogP contribution < -0.4 is 4.74 Å². The topological polar surface area (TPSA) is 72.5 Å². The van der Waals surface area contributed by atoms with Crippen LogP contribution in [0.2, 0.25) is 0 Å². The van der Waals surface area contributed by atoms with Crippen molar-refractivity contribution >= 4 is 17.7 Å². The number of fused-ring (bicyclic) bond motifs is 1. The van der Waals surface area contributed by atoms with Gasteiger partial charge in [-0.25, -0.2) is 0 Å². The average molecular weight is 545 g/mol. The third kappa shape index (κ3) is 7.96. The van der Waals surface area contributed by atoms with E-state index in [9.17, 15) is 4.79 Å². The zero-order valence-corrected chi connectivity index (χ0v) is 23.4. The Kier molecular flexibility index (Phi) is 11.3. The molecular formula is C30H40O7S. The molecule has 38 heavy (non-hydrogen) atoms. The molecule has 6 atom stereocenters. The highest BCUT2D eigenvalue weighted by molar-refractivity contribution is 7.99. The summed E-state index contributed by atoms with van der Waals surface area (Å²) in [4.78, 5) is 11.4. The molecule has 7 nitrogen and oxygen atoms in total. The van der Waals surface area contributed by atoms with Crippen molar-refractivity contribution in [2.45, 2.75) is 76.2 Å². The van der Waals surface area contributed by atoms with Crippen LogP contribution in [0.3, 0.4) is 0 Å². The Morgan fingerprint density at radius 3 is 2.55 bits per heavy atom. The van der Waals surface area contributed by atoms with Crippen LogP contribution in [0, 0.1) is 5.92 Å². The third-order valence-corrected chi connectivity index (χ3v) is 7.79. The van der Waals surface area contributed by atoms with E-state index in [1.54, 1.807) is 11.8 Å². The lowest BCUT2D eigenvalue weighted by molar-refractivity contribution is -0.311. The summed E-state index contributed by atoms with van der Waals surface area (Å²) in [6, 6.07) is 18.1. The van der Waals surface area contributed by atoms with Crippen LogP contribution in [0.1, 0.15) is 56.9 Å². The van der Waals surface area contributed by atoms with Crippen LogP contribution in [0.5, 0.6) is 5.75 Å². The van der Waals surface area contributed by atoms with E-state index >= 15 is 0 Å². The smallest absolute Gasteiger partial charge is 0.305 e. The minimum Gasteiger partial charge on any atom is -0.494 e. The van der Waals surface area contributed by atoms with Crippen LogP contribution in [0.25, 0.3) is 0 Å². The van der Waals surface area contributed by atoms with Crippen molar-refractivity contribution in [1.29, 1.82) is 0 Å². The van der Waals surface area contributed by atoms with Gasteiger partial charge in [0.2, 0.25) is 0 Å². The van der Waals surface area contributed by atoms with Crippen molar-refractivity contribution in [3.63, 3.8) is 0 Å². The quantitative estimate of drug-likeness (QED) is 0.228. The Balaban J connectivity index is 1.23. The van der Waals surface area contributed by atoms with E-state index in [1.165, 1.54) is 0 Å². The van der Waals surface area contributed by atoms with E-state index in [4.69, 9.17) is 28.4 Å². The summed E-state index contributed by atoms with van der Waals surface area (Å²) in [7, 11) is 0. The van der Waals surface area contributed by atoms with Gasteiger partial charge in [0.15, 0.2) is 6.29 Å². The maximum atomic E-state index is 11.4. The summed E-state index contributed by atoms with van der Waals surface area (Å²) in [5.41, 5.74) is 2.01. The van der Waals surface area contributed by atoms with Gasteiger partial charge < -0.3 is 28.4 Å². The first-order chi connectivity index (χ1) is 18.6. The second kappa shape index (κ2) is 14.9. The number of benzene rings is 2. The van der Waals surface area contributed by atoms with Crippen molar-refractivity contribution in [3.05, 3.63) is 65.7 Å². The monoisotopic (exact) mass is 544 g/mol. The predicted octanol–water partition coefficient (Wildman–Crippen LogP) is 5.91. The summed E-state index contributed by atoms with van der Waals surface area (Å²) in [5.74, 6) is 0.856. The van der Waals surface area contributed by atoms with Crippen molar-refractivity contribution in [2.75, 3.05) is 26.1 Å². The van der Waals surface area contributed by atoms with Crippen LogP contribution in [0.4, 0.5) is 0 Å². The van der Waals surface area contributed by atoms with E-state index < -0.39 is 0 Å². The minimum absolute atomic E-state index is 0.0850. The summed E-state index contributed by atoms with van der Waals surface area (Å²) in [6.45, 7) is 6.07. The molecule has 2 saturated heterocycles. The fraction of sp³-hybridized carbons (Fsp3) is 0.567. The first-order valence-electron chi connectivity index (χ1n) is 13.6. The number of unbranched alkanes of at least 4 members (excludes halogenated alkanes) is 2. The second-order valence-electron chi connectivity index (χ2n) is 9.70. The van der Waals surface area contributed by atoms with Gasteiger partial charge in [-0.15, -0.1) is 11.8 Å². The molecule has 0 bridgehead atoms. The zero-order chi connectivity index (χ0) is 26.7. The Morgan fingerprint density at radius 1 is 1.03 bits per heavy atom. The number of hydrogen-bond acceptors (Lipinski definition) is 8.